The van der Waals surface area contributed by atoms with Crippen LogP contribution in [0.25, 0.3) is 0 Å². The van der Waals surface area contributed by atoms with Crippen molar-refractivity contribution >= 4 is 11.8 Å². The highest BCUT2D eigenvalue weighted by Crippen LogP contribution is 2.39. The van der Waals surface area contributed by atoms with Crippen molar-refractivity contribution in [3.8, 4) is 0 Å². The molecule has 2 rings (SSSR count). The second-order valence-electron chi connectivity index (χ2n) is 5.08. The van der Waals surface area contributed by atoms with Crippen LogP contribution in [0.5, 0.6) is 0 Å². The molecule has 3 atom stereocenters. The maximum atomic E-state index is 6.08. The summed E-state index contributed by atoms with van der Waals surface area (Å²) >= 11 is 2.07. The molecule has 3 unspecified atom stereocenters. The smallest absolute Gasteiger partial charge is 0.0622 e. The summed E-state index contributed by atoms with van der Waals surface area (Å²) in [5.41, 5.74) is 6.33. The summed E-state index contributed by atoms with van der Waals surface area (Å²) in [7, 11) is 0. The molecule has 2 fully saturated rings. The lowest BCUT2D eigenvalue weighted by molar-refractivity contribution is -0.0569. The second kappa shape index (κ2) is 5.25. The van der Waals surface area contributed by atoms with E-state index in [2.05, 4.69) is 30.5 Å². The average Bonchev–Trinajstić information content (AvgIpc) is 2.72. The quantitative estimate of drug-likeness (QED) is 0.812. The van der Waals surface area contributed by atoms with Crippen LogP contribution in [0.1, 0.15) is 26.7 Å². The van der Waals surface area contributed by atoms with Gasteiger partial charge in [0.15, 0.2) is 0 Å². The number of thioether (sulfide) groups is 1. The van der Waals surface area contributed by atoms with Crippen LogP contribution in [0, 0.1) is 0 Å². The number of nitrogens with zero attached hydrogens (tertiary/aromatic N) is 1. The molecular weight excluding hydrogens is 220 g/mol. The topological polar surface area (TPSA) is 38.5 Å². The van der Waals surface area contributed by atoms with Gasteiger partial charge in [0.2, 0.25) is 0 Å². The van der Waals surface area contributed by atoms with Crippen LogP contribution in [-0.4, -0.2) is 53.8 Å². The van der Waals surface area contributed by atoms with E-state index in [4.69, 9.17) is 10.5 Å². The summed E-state index contributed by atoms with van der Waals surface area (Å²) in [4.78, 5) is 2.65. The molecule has 0 aliphatic carbocycles. The van der Waals surface area contributed by atoms with Gasteiger partial charge in [-0.2, -0.15) is 11.8 Å². The number of hydrogen-bond donors (Lipinski definition) is 1. The molecule has 2 N–H and O–H groups in total. The standard InChI is InChI=1S/C12H24N2OS/c1-3-11-7-15-5-4-14(11)12(8-13)6-10(2)16-9-12/h10-11H,3-9,13H2,1-2H3. The Morgan fingerprint density at radius 2 is 2.38 bits per heavy atom. The maximum absolute atomic E-state index is 6.08. The normalized spacial score (nSPS) is 41.4. The van der Waals surface area contributed by atoms with Gasteiger partial charge in [-0.15, -0.1) is 0 Å². The lowest BCUT2D eigenvalue weighted by Crippen LogP contribution is -2.62. The van der Waals surface area contributed by atoms with Gasteiger partial charge in [-0.25, -0.2) is 0 Å². The zero-order valence-corrected chi connectivity index (χ0v) is 11.3. The van der Waals surface area contributed by atoms with E-state index in [0.29, 0.717) is 6.04 Å². The van der Waals surface area contributed by atoms with Crippen molar-refractivity contribution < 1.29 is 4.74 Å². The highest BCUT2D eigenvalue weighted by molar-refractivity contribution is 8.00. The molecule has 0 bridgehead atoms. The summed E-state index contributed by atoms with van der Waals surface area (Å²) in [5.74, 6) is 1.20. The molecule has 0 radical (unpaired) electrons. The fraction of sp³-hybridized carbons (Fsp3) is 1.00. The van der Waals surface area contributed by atoms with Crippen molar-refractivity contribution in [3.63, 3.8) is 0 Å². The summed E-state index contributed by atoms with van der Waals surface area (Å²) in [6.45, 7) is 8.18. The molecule has 2 aliphatic heterocycles. The third-order valence-electron chi connectivity index (χ3n) is 3.99. The minimum atomic E-state index is 0.245. The highest BCUT2D eigenvalue weighted by Gasteiger charge is 2.45. The lowest BCUT2D eigenvalue weighted by atomic mass is 9.91. The van der Waals surface area contributed by atoms with Crippen molar-refractivity contribution in [2.45, 2.75) is 43.5 Å². The van der Waals surface area contributed by atoms with Gasteiger partial charge >= 0.3 is 0 Å². The van der Waals surface area contributed by atoms with Crippen LogP contribution in [-0.2, 0) is 4.74 Å². The minimum Gasteiger partial charge on any atom is -0.378 e. The van der Waals surface area contributed by atoms with Crippen molar-refractivity contribution in [2.24, 2.45) is 5.73 Å². The fourth-order valence-corrected chi connectivity index (χ4v) is 4.45. The molecule has 2 saturated heterocycles. The number of hydrogen-bond acceptors (Lipinski definition) is 4. The molecule has 94 valence electrons. The van der Waals surface area contributed by atoms with E-state index in [1.807, 2.05) is 0 Å². The minimum absolute atomic E-state index is 0.245. The second-order valence-corrected chi connectivity index (χ2v) is 6.51. The first-order valence-corrected chi connectivity index (χ1v) is 7.43. The summed E-state index contributed by atoms with van der Waals surface area (Å²) < 4.78 is 5.59. The molecular formula is C12H24N2OS. The Morgan fingerprint density at radius 1 is 1.56 bits per heavy atom. The van der Waals surface area contributed by atoms with Crippen LogP contribution in [0.2, 0.25) is 0 Å². The van der Waals surface area contributed by atoms with Crippen molar-refractivity contribution in [1.29, 1.82) is 0 Å². The molecule has 0 saturated carbocycles. The molecule has 0 amide bonds. The Bertz CT molecular complexity index is 239. The maximum Gasteiger partial charge on any atom is 0.0622 e. The zero-order chi connectivity index (χ0) is 11.6. The van der Waals surface area contributed by atoms with Gasteiger partial charge < -0.3 is 10.5 Å². The number of nitrogens with two attached hydrogens (primary N) is 1. The molecule has 0 aromatic heterocycles. The van der Waals surface area contributed by atoms with E-state index >= 15 is 0 Å². The van der Waals surface area contributed by atoms with Crippen molar-refractivity contribution in [1.82, 2.24) is 4.90 Å². The highest BCUT2D eigenvalue weighted by atomic mass is 32.2. The molecule has 2 aliphatic rings. The van der Waals surface area contributed by atoms with Gasteiger partial charge in [0.1, 0.15) is 0 Å². The van der Waals surface area contributed by atoms with Crippen molar-refractivity contribution in [2.75, 3.05) is 32.1 Å². The predicted molar refractivity (Wildman–Crippen MR) is 69.9 cm³/mol. The fourth-order valence-electron chi connectivity index (χ4n) is 3.03. The average molecular weight is 244 g/mol. The van der Waals surface area contributed by atoms with Crippen molar-refractivity contribution in [3.05, 3.63) is 0 Å². The molecule has 0 aromatic carbocycles. The van der Waals surface area contributed by atoms with E-state index in [1.165, 1.54) is 18.6 Å². The van der Waals surface area contributed by atoms with Gasteiger partial charge in [-0.05, 0) is 12.8 Å². The lowest BCUT2D eigenvalue weighted by Gasteiger charge is -2.47. The summed E-state index contributed by atoms with van der Waals surface area (Å²) in [6, 6.07) is 0.572. The summed E-state index contributed by atoms with van der Waals surface area (Å²) in [5, 5.41) is 0.754. The first kappa shape index (κ1) is 12.7. The van der Waals surface area contributed by atoms with E-state index < -0.39 is 0 Å². The number of ether oxygens (including phenoxy) is 1. The first-order valence-electron chi connectivity index (χ1n) is 6.38. The van der Waals surface area contributed by atoms with Gasteiger partial charge in [-0.3, -0.25) is 4.90 Å². The van der Waals surface area contributed by atoms with Crippen LogP contribution < -0.4 is 5.73 Å². The molecule has 2 heterocycles. The Labute approximate surface area is 103 Å². The zero-order valence-electron chi connectivity index (χ0n) is 10.4. The third-order valence-corrected chi connectivity index (χ3v) is 5.43. The molecule has 0 aromatic rings. The monoisotopic (exact) mass is 244 g/mol. The van der Waals surface area contributed by atoms with E-state index in [1.54, 1.807) is 0 Å². The van der Waals surface area contributed by atoms with Gasteiger partial charge in [0.25, 0.3) is 0 Å². The van der Waals surface area contributed by atoms with Gasteiger partial charge in [0.05, 0.1) is 13.2 Å². The Morgan fingerprint density at radius 3 is 2.94 bits per heavy atom. The molecule has 0 spiro atoms. The van der Waals surface area contributed by atoms with E-state index in [0.717, 1.165) is 31.6 Å². The van der Waals surface area contributed by atoms with Crippen LogP contribution in [0.4, 0.5) is 0 Å². The first-order chi connectivity index (χ1) is 7.72. The molecule has 4 heteroatoms. The largest absolute Gasteiger partial charge is 0.378 e. The van der Waals surface area contributed by atoms with Crippen LogP contribution >= 0.6 is 11.8 Å². The Kier molecular flexibility index (Phi) is 4.16. The van der Waals surface area contributed by atoms with Gasteiger partial charge in [-0.1, -0.05) is 13.8 Å². The van der Waals surface area contributed by atoms with Crippen LogP contribution in [0.15, 0.2) is 0 Å². The Hall–Kier alpha value is 0.230. The molecule has 16 heavy (non-hydrogen) atoms. The van der Waals surface area contributed by atoms with E-state index in [-0.39, 0.29) is 5.54 Å². The number of rotatable bonds is 3. The third kappa shape index (κ3) is 2.26. The van der Waals surface area contributed by atoms with Crippen LogP contribution in [0.3, 0.4) is 0 Å². The molecule has 3 nitrogen and oxygen atoms in total. The number of morpholine rings is 1. The Balaban J connectivity index is 2.12. The predicted octanol–water partition coefficient (Wildman–Crippen LogP) is 1.32. The summed E-state index contributed by atoms with van der Waals surface area (Å²) in [6.07, 6.45) is 2.41. The van der Waals surface area contributed by atoms with E-state index in [9.17, 15) is 0 Å². The van der Waals surface area contributed by atoms with Gasteiger partial charge in [0, 0.05) is 35.7 Å². The SMILES string of the molecule is CCC1COCCN1C1(CN)CSC(C)C1.